The van der Waals surface area contributed by atoms with E-state index in [9.17, 15) is 4.79 Å². The highest BCUT2D eigenvalue weighted by molar-refractivity contribution is 5.93. The first kappa shape index (κ1) is 18.0. The number of hydrogen-bond donors (Lipinski definition) is 2. The van der Waals surface area contributed by atoms with Crippen LogP contribution in [0.15, 0.2) is 42.5 Å². The summed E-state index contributed by atoms with van der Waals surface area (Å²) in [6.45, 7) is 7.48. The van der Waals surface area contributed by atoms with Crippen molar-refractivity contribution in [1.29, 1.82) is 0 Å². The number of para-hydroxylation sites is 1. The molecule has 3 N–H and O–H groups in total. The van der Waals surface area contributed by atoms with Crippen LogP contribution in [0, 0.1) is 6.92 Å². The number of carbonyl (C=O) groups is 1. The number of amides is 1. The normalized spacial score (nSPS) is 10.7. The minimum absolute atomic E-state index is 0.0275. The Morgan fingerprint density at radius 1 is 1.17 bits per heavy atom. The molecule has 4 nitrogen and oxygen atoms in total. The van der Waals surface area contributed by atoms with Gasteiger partial charge in [0.25, 0.3) is 5.91 Å². The summed E-state index contributed by atoms with van der Waals surface area (Å²) in [6.07, 6.45) is 0. The SMILES string of the molecule is COc1ccc(C[NH2+]CC(=O)Nc2c(C)cccc2C(C)C)cc1. The van der Waals surface area contributed by atoms with Gasteiger partial charge in [0.15, 0.2) is 6.54 Å². The van der Waals surface area contributed by atoms with Crippen molar-refractivity contribution in [3.05, 3.63) is 59.2 Å². The lowest BCUT2D eigenvalue weighted by atomic mass is 9.98. The Hall–Kier alpha value is -2.33. The maximum Gasteiger partial charge on any atom is 0.279 e. The second-order valence-electron chi connectivity index (χ2n) is 6.29. The molecule has 0 spiro atoms. The van der Waals surface area contributed by atoms with Gasteiger partial charge in [-0.15, -0.1) is 0 Å². The summed E-state index contributed by atoms with van der Waals surface area (Å²) < 4.78 is 5.15. The highest BCUT2D eigenvalue weighted by atomic mass is 16.5. The Morgan fingerprint density at radius 2 is 1.88 bits per heavy atom. The first-order valence-corrected chi connectivity index (χ1v) is 8.35. The van der Waals surface area contributed by atoms with E-state index in [0.717, 1.165) is 23.5 Å². The molecule has 24 heavy (non-hydrogen) atoms. The Bertz CT molecular complexity index is 679. The molecule has 0 aliphatic rings. The van der Waals surface area contributed by atoms with Gasteiger partial charge in [-0.25, -0.2) is 0 Å². The number of hydrogen-bond acceptors (Lipinski definition) is 2. The van der Waals surface area contributed by atoms with Crippen molar-refractivity contribution in [2.75, 3.05) is 19.0 Å². The van der Waals surface area contributed by atoms with Crippen LogP contribution in [0.1, 0.15) is 36.5 Å². The molecular formula is C20H27N2O2+. The predicted molar refractivity (Wildman–Crippen MR) is 97.4 cm³/mol. The predicted octanol–water partition coefficient (Wildman–Crippen LogP) is 2.83. The maximum absolute atomic E-state index is 12.3. The third kappa shape index (κ3) is 4.83. The van der Waals surface area contributed by atoms with Gasteiger partial charge < -0.3 is 15.4 Å². The molecule has 0 atom stereocenters. The van der Waals surface area contributed by atoms with E-state index in [0.29, 0.717) is 12.5 Å². The quantitative estimate of drug-likeness (QED) is 0.821. The fourth-order valence-corrected chi connectivity index (χ4v) is 2.66. The highest BCUT2D eigenvalue weighted by Crippen LogP contribution is 2.27. The first-order chi connectivity index (χ1) is 11.5. The lowest BCUT2D eigenvalue weighted by Crippen LogP contribution is -2.84. The molecule has 0 heterocycles. The van der Waals surface area contributed by atoms with Gasteiger partial charge in [-0.2, -0.15) is 0 Å². The minimum Gasteiger partial charge on any atom is -0.497 e. The second-order valence-corrected chi connectivity index (χ2v) is 6.29. The van der Waals surface area contributed by atoms with Crippen LogP contribution in [-0.4, -0.2) is 19.6 Å². The van der Waals surface area contributed by atoms with Gasteiger partial charge in [0.2, 0.25) is 0 Å². The zero-order valence-corrected chi connectivity index (χ0v) is 14.9. The Balaban J connectivity index is 1.89. The van der Waals surface area contributed by atoms with E-state index >= 15 is 0 Å². The zero-order valence-electron chi connectivity index (χ0n) is 14.9. The van der Waals surface area contributed by atoms with E-state index in [1.165, 1.54) is 11.1 Å². The number of anilines is 1. The first-order valence-electron chi connectivity index (χ1n) is 8.35. The minimum atomic E-state index is 0.0275. The lowest BCUT2D eigenvalue weighted by Gasteiger charge is -2.16. The van der Waals surface area contributed by atoms with Crippen molar-refractivity contribution < 1.29 is 14.8 Å². The molecule has 0 radical (unpaired) electrons. The zero-order chi connectivity index (χ0) is 17.5. The number of ether oxygens (including phenoxy) is 1. The average molecular weight is 327 g/mol. The number of nitrogens with two attached hydrogens (primary N) is 1. The molecule has 2 rings (SSSR count). The van der Waals surface area contributed by atoms with Crippen LogP contribution in [0.25, 0.3) is 0 Å². The van der Waals surface area contributed by atoms with Crippen molar-refractivity contribution in [2.24, 2.45) is 0 Å². The number of methoxy groups -OCH3 is 1. The topological polar surface area (TPSA) is 54.9 Å². The molecule has 0 unspecified atom stereocenters. The van der Waals surface area contributed by atoms with Crippen molar-refractivity contribution in [1.82, 2.24) is 0 Å². The smallest absolute Gasteiger partial charge is 0.279 e. The van der Waals surface area contributed by atoms with Gasteiger partial charge in [-0.05, 0) is 48.2 Å². The average Bonchev–Trinajstić information content (AvgIpc) is 2.57. The molecule has 128 valence electrons. The Kier molecular flexibility index (Phi) is 6.38. The fourth-order valence-electron chi connectivity index (χ4n) is 2.66. The van der Waals surface area contributed by atoms with Gasteiger partial charge in [0.1, 0.15) is 12.3 Å². The molecular weight excluding hydrogens is 300 g/mol. The number of nitrogens with one attached hydrogen (secondary N) is 1. The molecule has 0 aliphatic heterocycles. The van der Waals surface area contributed by atoms with Crippen LogP contribution in [0.4, 0.5) is 5.69 Å². The summed E-state index contributed by atoms with van der Waals surface area (Å²) >= 11 is 0. The lowest BCUT2D eigenvalue weighted by molar-refractivity contribution is -0.659. The van der Waals surface area contributed by atoms with Crippen molar-refractivity contribution in [2.45, 2.75) is 33.2 Å². The fraction of sp³-hybridized carbons (Fsp3) is 0.350. The van der Waals surface area contributed by atoms with E-state index in [4.69, 9.17) is 4.74 Å². The molecule has 0 aliphatic carbocycles. The second kappa shape index (κ2) is 8.50. The standard InChI is InChI=1S/C20H26N2O2/c1-14(2)18-7-5-6-15(3)20(18)22-19(23)13-21-12-16-8-10-17(24-4)11-9-16/h5-11,14,21H,12-13H2,1-4H3,(H,22,23)/p+1. The summed E-state index contributed by atoms with van der Waals surface area (Å²) in [6, 6.07) is 14.1. The number of carbonyl (C=O) groups excluding carboxylic acids is 1. The van der Waals surface area contributed by atoms with Crippen LogP contribution in [0.5, 0.6) is 5.75 Å². The van der Waals surface area contributed by atoms with Gasteiger partial charge in [-0.3, -0.25) is 4.79 Å². The van der Waals surface area contributed by atoms with Crippen LogP contribution < -0.4 is 15.4 Å². The molecule has 2 aromatic carbocycles. The molecule has 4 heteroatoms. The number of aryl methyl sites for hydroxylation is 1. The molecule has 0 saturated carbocycles. The molecule has 0 aromatic heterocycles. The Morgan fingerprint density at radius 3 is 2.50 bits per heavy atom. The van der Waals surface area contributed by atoms with E-state index in [-0.39, 0.29) is 5.91 Å². The Labute approximate surface area is 144 Å². The third-order valence-electron chi connectivity index (χ3n) is 4.06. The number of rotatable bonds is 7. The third-order valence-corrected chi connectivity index (χ3v) is 4.06. The van der Waals surface area contributed by atoms with Crippen molar-refractivity contribution >= 4 is 11.6 Å². The summed E-state index contributed by atoms with van der Waals surface area (Å²) in [4.78, 5) is 12.3. The number of benzene rings is 2. The molecule has 0 bridgehead atoms. The van der Waals surface area contributed by atoms with Crippen LogP contribution in [0.2, 0.25) is 0 Å². The summed E-state index contributed by atoms with van der Waals surface area (Å²) in [7, 11) is 1.66. The highest BCUT2D eigenvalue weighted by Gasteiger charge is 2.12. The van der Waals surface area contributed by atoms with Crippen molar-refractivity contribution in [3.63, 3.8) is 0 Å². The van der Waals surface area contributed by atoms with E-state index < -0.39 is 0 Å². The van der Waals surface area contributed by atoms with Crippen LogP contribution in [-0.2, 0) is 11.3 Å². The van der Waals surface area contributed by atoms with Crippen molar-refractivity contribution in [3.8, 4) is 5.75 Å². The number of quaternary nitrogens is 1. The maximum atomic E-state index is 12.3. The van der Waals surface area contributed by atoms with Gasteiger partial charge in [0.05, 0.1) is 7.11 Å². The van der Waals surface area contributed by atoms with Crippen LogP contribution >= 0.6 is 0 Å². The summed E-state index contributed by atoms with van der Waals surface area (Å²) in [5.41, 5.74) is 4.40. The van der Waals surface area contributed by atoms with Gasteiger partial charge in [0, 0.05) is 11.3 Å². The van der Waals surface area contributed by atoms with Gasteiger partial charge >= 0.3 is 0 Å². The molecule has 0 saturated heterocycles. The molecule has 0 fully saturated rings. The largest absolute Gasteiger partial charge is 0.497 e. The van der Waals surface area contributed by atoms with E-state index in [1.807, 2.05) is 48.6 Å². The summed E-state index contributed by atoms with van der Waals surface area (Å²) in [5.74, 6) is 1.25. The summed E-state index contributed by atoms with van der Waals surface area (Å²) in [5, 5.41) is 5.08. The van der Waals surface area contributed by atoms with E-state index in [1.54, 1.807) is 7.11 Å². The van der Waals surface area contributed by atoms with E-state index in [2.05, 4.69) is 25.2 Å². The van der Waals surface area contributed by atoms with Crippen LogP contribution in [0.3, 0.4) is 0 Å². The molecule has 1 amide bonds. The van der Waals surface area contributed by atoms with Gasteiger partial charge in [-0.1, -0.05) is 32.0 Å². The molecule has 2 aromatic rings. The monoisotopic (exact) mass is 327 g/mol.